The van der Waals surface area contributed by atoms with E-state index in [4.69, 9.17) is 9.98 Å². The third-order valence-corrected chi connectivity index (χ3v) is 13.6. The van der Waals surface area contributed by atoms with Crippen LogP contribution in [0.3, 0.4) is 0 Å². The van der Waals surface area contributed by atoms with Gasteiger partial charge in [0.05, 0.1) is 15.7 Å². The highest BCUT2D eigenvalue weighted by molar-refractivity contribution is 7.26. The third-order valence-electron chi connectivity index (χ3n) is 11.2. The third kappa shape index (κ3) is 5.17. The normalized spacial score (nSPS) is 14.5. The van der Waals surface area contributed by atoms with Crippen molar-refractivity contribution in [1.29, 1.82) is 0 Å². The SMILES string of the molecule is c1ccc(C2=NC(c3cc(-n4c5ccccc5c5cc(-c6ccccc6)ccc54)cc4c3sc3cnccc34)=NC(c3cccc4c3sc3ccccc34)N2)cc1. The van der Waals surface area contributed by atoms with Crippen LogP contribution in [0.25, 0.3) is 79.0 Å². The minimum absolute atomic E-state index is 0.358. The van der Waals surface area contributed by atoms with Crippen molar-refractivity contribution in [2.45, 2.75) is 6.17 Å². The molecule has 1 unspecified atom stereocenters. The van der Waals surface area contributed by atoms with Gasteiger partial charge in [0, 0.05) is 81.2 Å². The number of thiophene rings is 2. The van der Waals surface area contributed by atoms with Crippen LogP contribution >= 0.6 is 22.7 Å². The van der Waals surface area contributed by atoms with Crippen LogP contribution in [-0.4, -0.2) is 21.2 Å². The van der Waals surface area contributed by atoms with Crippen LogP contribution in [-0.2, 0) is 0 Å². The molecule has 0 saturated heterocycles. The number of nitrogens with zero attached hydrogens (tertiary/aromatic N) is 4. The fourth-order valence-electron chi connectivity index (χ4n) is 8.53. The van der Waals surface area contributed by atoms with E-state index in [1.807, 2.05) is 29.8 Å². The first-order valence-electron chi connectivity index (χ1n) is 19.0. The van der Waals surface area contributed by atoms with E-state index < -0.39 is 0 Å². The molecule has 1 atom stereocenters. The quantitative estimate of drug-likeness (QED) is 0.190. The summed E-state index contributed by atoms with van der Waals surface area (Å²) in [6.07, 6.45) is 3.51. The molecular weight excluding hydrogens is 735 g/mol. The zero-order chi connectivity index (χ0) is 37.5. The van der Waals surface area contributed by atoms with Crippen molar-refractivity contribution in [1.82, 2.24) is 14.9 Å². The molecule has 1 N–H and O–H groups in total. The van der Waals surface area contributed by atoms with Crippen LogP contribution in [0.2, 0.25) is 0 Å². The molecule has 11 aromatic rings. The molecule has 0 spiro atoms. The Bertz CT molecular complexity index is 3450. The Morgan fingerprint density at radius 2 is 1.23 bits per heavy atom. The largest absolute Gasteiger partial charge is 0.344 e. The average Bonchev–Trinajstić information content (AvgIpc) is 3.96. The number of amidine groups is 2. The van der Waals surface area contributed by atoms with Gasteiger partial charge >= 0.3 is 0 Å². The molecule has 7 aromatic carbocycles. The van der Waals surface area contributed by atoms with E-state index in [0.29, 0.717) is 5.84 Å². The van der Waals surface area contributed by atoms with Gasteiger partial charge < -0.3 is 9.88 Å². The van der Waals surface area contributed by atoms with Gasteiger partial charge in [0.25, 0.3) is 0 Å². The second kappa shape index (κ2) is 12.8. The lowest BCUT2D eigenvalue weighted by atomic mass is 10.0. The standard InChI is InChI=1S/C50H31N5S2/c1-3-12-30(13-4-1)32-22-23-43-39(26-32)34-16-7-9-20-42(34)55(43)33-27-40-36-24-25-51-29-45(36)57-47(40)41(28-33)50-53-48(31-14-5-2-6-15-31)52-49(54-50)38-19-11-18-37-35-17-8-10-21-44(35)56-46(37)38/h1-29,49H,(H,52,53,54). The van der Waals surface area contributed by atoms with E-state index in [1.54, 1.807) is 11.3 Å². The minimum atomic E-state index is -0.358. The van der Waals surface area contributed by atoms with Gasteiger partial charge in [-0.05, 0) is 53.6 Å². The van der Waals surface area contributed by atoms with Crippen molar-refractivity contribution in [2.75, 3.05) is 0 Å². The smallest absolute Gasteiger partial charge is 0.160 e. The highest BCUT2D eigenvalue weighted by Crippen LogP contribution is 2.43. The van der Waals surface area contributed by atoms with Crippen LogP contribution in [0, 0.1) is 0 Å². The summed E-state index contributed by atoms with van der Waals surface area (Å²) in [4.78, 5) is 15.4. The first-order chi connectivity index (χ1) is 28.2. The zero-order valence-electron chi connectivity index (χ0n) is 30.4. The summed E-state index contributed by atoms with van der Waals surface area (Å²) in [5.74, 6) is 1.50. The molecule has 1 aliphatic heterocycles. The zero-order valence-corrected chi connectivity index (χ0v) is 32.1. The van der Waals surface area contributed by atoms with Gasteiger partial charge in [-0.1, -0.05) is 121 Å². The highest BCUT2D eigenvalue weighted by atomic mass is 32.1. The summed E-state index contributed by atoms with van der Waals surface area (Å²) in [6, 6.07) is 58.6. The Morgan fingerprint density at radius 1 is 0.509 bits per heavy atom. The summed E-state index contributed by atoms with van der Waals surface area (Å²) in [5, 5.41) is 11.1. The molecule has 7 heteroatoms. The lowest BCUT2D eigenvalue weighted by molar-refractivity contribution is 0.680. The van der Waals surface area contributed by atoms with Gasteiger partial charge in [-0.3, -0.25) is 4.98 Å². The number of rotatable bonds is 5. The van der Waals surface area contributed by atoms with E-state index in [0.717, 1.165) is 54.0 Å². The van der Waals surface area contributed by atoms with Crippen LogP contribution in [0.5, 0.6) is 0 Å². The summed E-state index contributed by atoms with van der Waals surface area (Å²) >= 11 is 3.58. The van der Waals surface area contributed by atoms with Crippen LogP contribution < -0.4 is 5.32 Å². The molecular formula is C50H31N5S2. The van der Waals surface area contributed by atoms with Gasteiger partial charge in [0.15, 0.2) is 5.84 Å². The van der Waals surface area contributed by atoms with Gasteiger partial charge in [0.2, 0.25) is 0 Å². The molecule has 0 amide bonds. The lowest BCUT2D eigenvalue weighted by Crippen LogP contribution is -2.33. The number of aromatic nitrogens is 2. The number of nitrogens with one attached hydrogen (secondary N) is 1. The fourth-order valence-corrected chi connectivity index (χ4v) is 10.9. The number of aliphatic imine (C=N–C) groups is 2. The van der Waals surface area contributed by atoms with E-state index in [1.165, 1.54) is 47.5 Å². The Labute approximate surface area is 335 Å². The molecule has 1 aliphatic rings. The van der Waals surface area contributed by atoms with Gasteiger partial charge in [-0.25, -0.2) is 9.98 Å². The Kier molecular flexibility index (Phi) is 7.27. The van der Waals surface area contributed by atoms with E-state index in [9.17, 15) is 0 Å². The second-order valence-electron chi connectivity index (χ2n) is 14.4. The maximum atomic E-state index is 5.54. The lowest BCUT2D eigenvalue weighted by Gasteiger charge is -2.24. The molecule has 0 fully saturated rings. The number of hydrogen-bond acceptors (Lipinski definition) is 6. The van der Waals surface area contributed by atoms with Crippen molar-refractivity contribution in [3.63, 3.8) is 0 Å². The molecule has 0 aliphatic carbocycles. The van der Waals surface area contributed by atoms with E-state index in [-0.39, 0.29) is 6.17 Å². The molecule has 0 radical (unpaired) electrons. The number of fused-ring (bicyclic) bond motifs is 9. The Morgan fingerprint density at radius 3 is 2.11 bits per heavy atom. The van der Waals surface area contributed by atoms with Crippen LogP contribution in [0.1, 0.15) is 22.9 Å². The molecule has 5 nitrogen and oxygen atoms in total. The van der Waals surface area contributed by atoms with Gasteiger partial charge in [0.1, 0.15) is 12.0 Å². The van der Waals surface area contributed by atoms with E-state index >= 15 is 0 Å². The second-order valence-corrected chi connectivity index (χ2v) is 16.5. The van der Waals surface area contributed by atoms with Crippen LogP contribution in [0.15, 0.2) is 186 Å². The van der Waals surface area contributed by atoms with Crippen molar-refractivity contribution in [3.8, 4) is 16.8 Å². The molecule has 12 rings (SSSR count). The van der Waals surface area contributed by atoms with Gasteiger partial charge in [-0.15, -0.1) is 22.7 Å². The predicted octanol–water partition coefficient (Wildman–Crippen LogP) is 13.1. The summed E-state index contributed by atoms with van der Waals surface area (Å²) in [5.41, 5.74) is 8.92. The van der Waals surface area contributed by atoms with Crippen molar-refractivity contribution in [3.05, 3.63) is 193 Å². The first kappa shape index (κ1) is 32.3. The number of pyridine rings is 1. The maximum absolute atomic E-state index is 5.54. The average molecular weight is 766 g/mol. The van der Waals surface area contributed by atoms with Gasteiger partial charge in [-0.2, -0.15) is 0 Å². The molecule has 268 valence electrons. The predicted molar refractivity (Wildman–Crippen MR) is 242 cm³/mol. The molecule has 5 heterocycles. The number of benzene rings is 7. The number of hydrogen-bond donors (Lipinski definition) is 1. The summed E-state index contributed by atoms with van der Waals surface area (Å²) < 4.78 is 7.19. The van der Waals surface area contributed by atoms with Crippen molar-refractivity contribution >= 4 is 96.5 Å². The van der Waals surface area contributed by atoms with Crippen LogP contribution in [0.4, 0.5) is 0 Å². The Hall–Kier alpha value is -6.93. The number of para-hydroxylation sites is 1. The topological polar surface area (TPSA) is 54.6 Å². The Balaban J connectivity index is 1.13. The fraction of sp³-hybridized carbons (Fsp3) is 0.0200. The highest BCUT2D eigenvalue weighted by Gasteiger charge is 2.26. The maximum Gasteiger partial charge on any atom is 0.160 e. The monoisotopic (exact) mass is 765 g/mol. The van der Waals surface area contributed by atoms with Crippen molar-refractivity contribution < 1.29 is 0 Å². The molecule has 0 saturated carbocycles. The molecule has 0 bridgehead atoms. The van der Waals surface area contributed by atoms with Crippen molar-refractivity contribution in [2.24, 2.45) is 9.98 Å². The summed E-state index contributed by atoms with van der Waals surface area (Å²) in [7, 11) is 0. The molecule has 57 heavy (non-hydrogen) atoms. The summed E-state index contributed by atoms with van der Waals surface area (Å²) in [6.45, 7) is 0. The first-order valence-corrected chi connectivity index (χ1v) is 20.7. The van der Waals surface area contributed by atoms with E-state index in [2.05, 4.69) is 173 Å². The molecule has 4 aromatic heterocycles. The minimum Gasteiger partial charge on any atom is -0.344 e.